The number of hydrogen-bond acceptors (Lipinski definition) is 6. The van der Waals surface area contributed by atoms with Crippen LogP contribution in [0.4, 0.5) is 0 Å². The second-order valence-electron chi connectivity index (χ2n) is 8.22. The first-order valence-electron chi connectivity index (χ1n) is 11.2. The molecule has 2 aliphatic rings. The number of hydrogen-bond donors (Lipinski definition) is 1. The molecule has 2 fully saturated rings. The number of aromatic amines is 1. The largest absolute Gasteiger partial charge is 0.495 e. The van der Waals surface area contributed by atoms with Crippen LogP contribution in [-0.4, -0.2) is 91.6 Å². The number of H-pyrrole nitrogens is 1. The number of methoxy groups -OCH3 is 1. The number of ether oxygens (including phenoxy) is 1. The van der Waals surface area contributed by atoms with Gasteiger partial charge >= 0.3 is 0 Å². The van der Waals surface area contributed by atoms with Gasteiger partial charge < -0.3 is 14.5 Å². The van der Waals surface area contributed by atoms with Crippen LogP contribution in [0.2, 0.25) is 0 Å². The topological polar surface area (TPSA) is 98.8 Å². The molecule has 0 spiro atoms. The van der Waals surface area contributed by atoms with Crippen LogP contribution in [0, 0.1) is 0 Å². The van der Waals surface area contributed by atoms with Gasteiger partial charge in [-0.2, -0.15) is 9.40 Å². The summed E-state index contributed by atoms with van der Waals surface area (Å²) in [7, 11) is -2.21. The fourth-order valence-electron chi connectivity index (χ4n) is 4.30. The first-order chi connectivity index (χ1) is 15.4. The van der Waals surface area contributed by atoms with E-state index >= 15 is 0 Å². The Kier molecular flexibility index (Phi) is 6.82. The number of sulfonamides is 1. The lowest BCUT2D eigenvalue weighted by Gasteiger charge is -2.33. The molecular formula is C22H31N5O4S. The van der Waals surface area contributed by atoms with E-state index in [1.54, 1.807) is 24.3 Å². The fourth-order valence-corrected chi connectivity index (χ4v) is 6.00. The number of benzene rings is 1. The SMILES string of the molecule is CCN1CCN(C(=O)c2cc(-c3ccc(OC)c(S(=O)(=O)N4CCCCC4)c3)n[nH]2)CC1. The molecule has 2 aromatic rings. The van der Waals surface area contributed by atoms with Gasteiger partial charge in [-0.05, 0) is 43.7 Å². The number of amides is 1. The average Bonchev–Trinajstić information content (AvgIpc) is 3.34. The average molecular weight is 462 g/mol. The van der Waals surface area contributed by atoms with Crippen LogP contribution in [0.25, 0.3) is 11.3 Å². The van der Waals surface area contributed by atoms with Gasteiger partial charge in [0.25, 0.3) is 5.91 Å². The highest BCUT2D eigenvalue weighted by Crippen LogP contribution is 2.32. The van der Waals surface area contributed by atoms with E-state index in [-0.39, 0.29) is 10.8 Å². The molecule has 0 unspecified atom stereocenters. The molecule has 1 amide bonds. The molecule has 9 nitrogen and oxygen atoms in total. The summed E-state index contributed by atoms with van der Waals surface area (Å²) in [5.74, 6) is 0.217. The molecule has 2 saturated heterocycles. The van der Waals surface area contributed by atoms with Gasteiger partial charge in [0.15, 0.2) is 0 Å². The summed E-state index contributed by atoms with van der Waals surface area (Å²) in [5, 5.41) is 7.12. The van der Waals surface area contributed by atoms with Crippen molar-refractivity contribution in [2.45, 2.75) is 31.1 Å². The summed E-state index contributed by atoms with van der Waals surface area (Å²) >= 11 is 0. The lowest BCUT2D eigenvalue weighted by atomic mass is 10.1. The number of carbonyl (C=O) groups is 1. The Balaban J connectivity index is 1.58. The molecule has 2 aliphatic heterocycles. The number of piperidine rings is 1. The number of nitrogens with zero attached hydrogens (tertiary/aromatic N) is 4. The molecule has 1 N–H and O–H groups in total. The Hall–Kier alpha value is -2.43. The lowest BCUT2D eigenvalue weighted by molar-refractivity contribution is 0.0637. The maximum Gasteiger partial charge on any atom is 0.271 e. The predicted molar refractivity (Wildman–Crippen MR) is 121 cm³/mol. The molecule has 3 heterocycles. The van der Waals surface area contributed by atoms with Crippen molar-refractivity contribution >= 4 is 15.9 Å². The Morgan fingerprint density at radius 2 is 1.78 bits per heavy atom. The van der Waals surface area contributed by atoms with Gasteiger partial charge in [0.2, 0.25) is 10.0 Å². The maximum atomic E-state index is 13.3. The summed E-state index contributed by atoms with van der Waals surface area (Å²) in [6.07, 6.45) is 2.76. The van der Waals surface area contributed by atoms with Gasteiger partial charge in [-0.25, -0.2) is 8.42 Å². The van der Waals surface area contributed by atoms with E-state index in [0.29, 0.717) is 48.9 Å². The maximum absolute atomic E-state index is 13.3. The van der Waals surface area contributed by atoms with Gasteiger partial charge in [-0.1, -0.05) is 13.3 Å². The molecule has 10 heteroatoms. The Bertz CT molecular complexity index is 1050. The summed E-state index contributed by atoms with van der Waals surface area (Å²) < 4.78 is 33.4. The van der Waals surface area contributed by atoms with Crippen molar-refractivity contribution < 1.29 is 17.9 Å². The number of carbonyl (C=O) groups excluding carboxylic acids is 1. The van der Waals surface area contributed by atoms with E-state index in [2.05, 4.69) is 22.0 Å². The monoisotopic (exact) mass is 461 g/mol. The fraction of sp³-hybridized carbons (Fsp3) is 0.545. The lowest BCUT2D eigenvalue weighted by Crippen LogP contribution is -2.48. The smallest absolute Gasteiger partial charge is 0.271 e. The first kappa shape index (κ1) is 22.8. The number of aromatic nitrogens is 2. The van der Waals surface area contributed by atoms with Crippen LogP contribution in [0.5, 0.6) is 5.75 Å². The van der Waals surface area contributed by atoms with Crippen molar-refractivity contribution in [3.63, 3.8) is 0 Å². The Morgan fingerprint density at radius 3 is 2.44 bits per heavy atom. The van der Waals surface area contributed by atoms with Crippen molar-refractivity contribution in [2.75, 3.05) is 52.9 Å². The van der Waals surface area contributed by atoms with E-state index in [9.17, 15) is 13.2 Å². The molecule has 0 bridgehead atoms. The summed E-state index contributed by atoms with van der Waals surface area (Å²) in [6.45, 7) is 7.22. The summed E-state index contributed by atoms with van der Waals surface area (Å²) in [4.78, 5) is 17.1. The minimum Gasteiger partial charge on any atom is -0.495 e. The number of nitrogens with one attached hydrogen (secondary N) is 1. The highest BCUT2D eigenvalue weighted by Gasteiger charge is 2.30. The molecule has 0 atom stereocenters. The number of likely N-dealkylation sites (N-methyl/N-ethyl adjacent to an activating group) is 1. The van der Waals surface area contributed by atoms with E-state index in [4.69, 9.17) is 4.74 Å². The highest BCUT2D eigenvalue weighted by molar-refractivity contribution is 7.89. The number of piperazine rings is 1. The quantitative estimate of drug-likeness (QED) is 0.707. The van der Waals surface area contributed by atoms with Gasteiger partial charge in [0, 0.05) is 44.8 Å². The molecule has 32 heavy (non-hydrogen) atoms. The first-order valence-corrected chi connectivity index (χ1v) is 12.6. The molecule has 1 aromatic carbocycles. The second kappa shape index (κ2) is 9.60. The summed E-state index contributed by atoms with van der Waals surface area (Å²) in [6, 6.07) is 6.69. The van der Waals surface area contributed by atoms with E-state index in [1.165, 1.54) is 11.4 Å². The van der Waals surface area contributed by atoms with Crippen LogP contribution in [0.15, 0.2) is 29.2 Å². The molecule has 174 valence electrons. The van der Waals surface area contributed by atoms with Gasteiger partial charge in [-0.3, -0.25) is 9.89 Å². The van der Waals surface area contributed by atoms with E-state index in [1.807, 2.05) is 4.90 Å². The standard InChI is InChI=1S/C22H31N5O4S/c1-3-25-11-13-26(14-12-25)22(28)19-16-18(23-24-19)17-7-8-20(31-2)21(15-17)32(29,30)27-9-5-4-6-10-27/h7-8,15-16H,3-6,9-14H2,1-2H3,(H,23,24). The Labute approximate surface area is 189 Å². The third-order valence-electron chi connectivity index (χ3n) is 6.31. The van der Waals surface area contributed by atoms with Gasteiger partial charge in [-0.15, -0.1) is 0 Å². The summed E-state index contributed by atoms with van der Waals surface area (Å²) in [5.41, 5.74) is 1.55. The van der Waals surface area contributed by atoms with Gasteiger partial charge in [0.1, 0.15) is 16.3 Å². The predicted octanol–water partition coefficient (Wildman–Crippen LogP) is 2.04. The zero-order valence-electron chi connectivity index (χ0n) is 18.7. The highest BCUT2D eigenvalue weighted by atomic mass is 32.2. The zero-order valence-corrected chi connectivity index (χ0v) is 19.5. The normalized spacial score (nSPS) is 18.6. The molecule has 0 aliphatic carbocycles. The molecular weight excluding hydrogens is 430 g/mol. The van der Waals surface area contributed by atoms with Crippen LogP contribution in [0.1, 0.15) is 36.7 Å². The Morgan fingerprint density at radius 1 is 1.06 bits per heavy atom. The second-order valence-corrected chi connectivity index (χ2v) is 10.1. The minimum atomic E-state index is -3.68. The van der Waals surface area contributed by atoms with Crippen molar-refractivity contribution in [3.05, 3.63) is 30.0 Å². The van der Waals surface area contributed by atoms with Crippen molar-refractivity contribution in [2.24, 2.45) is 0 Å². The van der Waals surface area contributed by atoms with Gasteiger partial charge in [0.05, 0.1) is 12.8 Å². The van der Waals surface area contributed by atoms with Crippen molar-refractivity contribution in [1.82, 2.24) is 24.3 Å². The molecule has 4 rings (SSSR count). The molecule has 0 saturated carbocycles. The van der Waals surface area contributed by atoms with Crippen LogP contribution in [-0.2, 0) is 10.0 Å². The van der Waals surface area contributed by atoms with E-state index < -0.39 is 10.0 Å². The van der Waals surface area contributed by atoms with Crippen molar-refractivity contribution in [1.29, 1.82) is 0 Å². The minimum absolute atomic E-state index is 0.0887. The van der Waals surface area contributed by atoms with Crippen LogP contribution < -0.4 is 4.74 Å². The molecule has 1 aromatic heterocycles. The zero-order chi connectivity index (χ0) is 22.7. The third-order valence-corrected chi connectivity index (χ3v) is 8.23. The third kappa shape index (κ3) is 4.53. The van der Waals surface area contributed by atoms with Crippen LogP contribution in [0.3, 0.4) is 0 Å². The van der Waals surface area contributed by atoms with Crippen LogP contribution >= 0.6 is 0 Å². The van der Waals surface area contributed by atoms with E-state index in [0.717, 1.165) is 38.9 Å². The number of rotatable bonds is 6. The molecule has 0 radical (unpaired) electrons. The van der Waals surface area contributed by atoms with Crippen molar-refractivity contribution in [3.8, 4) is 17.0 Å².